The Bertz CT molecular complexity index is 1140. The second-order valence-electron chi connectivity index (χ2n) is 8.98. The molecule has 2 aromatic rings. The number of carboxylic acid groups (broad SMARTS) is 1. The topological polar surface area (TPSA) is 131 Å². The Balaban J connectivity index is 2.02. The van der Waals surface area contributed by atoms with Crippen LogP contribution in [0.3, 0.4) is 0 Å². The lowest BCUT2D eigenvalue weighted by molar-refractivity contribution is -0.152. The van der Waals surface area contributed by atoms with Crippen LogP contribution in [-0.4, -0.2) is 58.6 Å². The smallest absolute Gasteiger partial charge is 0.437 e. The second kappa shape index (κ2) is 8.66. The molecule has 4 rings (SSSR count). The zero-order chi connectivity index (χ0) is 24.8. The van der Waals surface area contributed by atoms with E-state index in [2.05, 4.69) is 15.8 Å². The molecule has 34 heavy (non-hydrogen) atoms. The van der Waals surface area contributed by atoms with Crippen molar-refractivity contribution in [2.45, 2.75) is 63.4 Å². The summed E-state index contributed by atoms with van der Waals surface area (Å²) in [6.07, 6.45) is -2.74. The quantitative estimate of drug-likeness (QED) is 0.509. The van der Waals surface area contributed by atoms with Crippen LogP contribution in [0.2, 0.25) is 0 Å². The average molecular weight is 483 g/mol. The van der Waals surface area contributed by atoms with Crippen molar-refractivity contribution in [2.75, 3.05) is 13.1 Å². The number of hydrogen-bond donors (Lipinski definition) is 3. The Morgan fingerprint density at radius 1 is 1.09 bits per heavy atom. The molecule has 2 atom stereocenters. The lowest BCUT2D eigenvalue weighted by Gasteiger charge is -2.26. The van der Waals surface area contributed by atoms with Crippen molar-refractivity contribution in [3.8, 4) is 5.75 Å². The molecule has 0 bridgehead atoms. The van der Waals surface area contributed by atoms with Crippen LogP contribution in [0, 0.1) is 0 Å². The Labute approximate surface area is 192 Å². The number of ether oxygens (including phenoxy) is 1. The Hall–Kier alpha value is -2.99. The van der Waals surface area contributed by atoms with Crippen molar-refractivity contribution in [3.05, 3.63) is 22.9 Å². The largest absolute Gasteiger partial charge is 0.478 e. The lowest BCUT2D eigenvalue weighted by atomic mass is 9.92. The number of aromatic nitrogens is 1. The molecule has 3 N–H and O–H groups in total. The first-order chi connectivity index (χ1) is 15.9. The summed E-state index contributed by atoms with van der Waals surface area (Å²) in [5.74, 6) is -3.06. The van der Waals surface area contributed by atoms with Crippen LogP contribution in [0.5, 0.6) is 5.75 Å². The number of carbonyl (C=O) groups is 3. The van der Waals surface area contributed by atoms with Gasteiger partial charge < -0.3 is 25.0 Å². The van der Waals surface area contributed by atoms with Crippen LogP contribution in [0.4, 0.5) is 13.2 Å². The third-order valence-electron chi connectivity index (χ3n) is 6.12. The highest BCUT2D eigenvalue weighted by Crippen LogP contribution is 2.42. The lowest BCUT2D eigenvalue weighted by Crippen LogP contribution is -2.40. The van der Waals surface area contributed by atoms with Gasteiger partial charge in [0.15, 0.2) is 28.4 Å². The van der Waals surface area contributed by atoms with E-state index in [1.807, 2.05) is 0 Å². The summed E-state index contributed by atoms with van der Waals surface area (Å²) < 4.78 is 51.7. The van der Waals surface area contributed by atoms with Gasteiger partial charge in [0.05, 0.1) is 23.0 Å². The third kappa shape index (κ3) is 4.27. The maximum atomic E-state index is 13.7. The number of carbonyl (C=O) groups excluding carboxylic acids is 2. The molecule has 0 aliphatic carbocycles. The van der Waals surface area contributed by atoms with Crippen LogP contribution in [-0.2, 0) is 11.0 Å². The van der Waals surface area contributed by atoms with Crippen molar-refractivity contribution >= 4 is 28.5 Å². The zero-order valence-corrected chi connectivity index (χ0v) is 18.5. The summed E-state index contributed by atoms with van der Waals surface area (Å²) in [4.78, 5) is 38.7. The molecule has 0 unspecified atom stereocenters. The number of rotatable bonds is 7. The molecule has 1 aromatic heterocycles. The molecule has 2 fully saturated rings. The molecule has 0 radical (unpaired) electrons. The predicted molar refractivity (Wildman–Crippen MR) is 112 cm³/mol. The molecule has 184 valence electrons. The molecular formula is C22H24F3N3O6. The normalized spacial score (nSPS) is 21.2. The molecule has 0 spiro atoms. The van der Waals surface area contributed by atoms with Gasteiger partial charge in [-0.25, -0.2) is 4.79 Å². The Morgan fingerprint density at radius 2 is 1.68 bits per heavy atom. The SMILES string of the molecule is CC(C)(Oc1c(C(=O)[C@@H]2CCCN2)cc2c(C(F)(F)F)noc2c1C(=O)[C@@H]1CCCN1)C(=O)O. The number of fused-ring (bicyclic) bond motifs is 1. The fourth-order valence-corrected chi connectivity index (χ4v) is 4.25. The molecular weight excluding hydrogens is 459 g/mol. The van der Waals surface area contributed by atoms with E-state index in [-0.39, 0.29) is 5.56 Å². The Kier molecular flexibility index (Phi) is 6.15. The van der Waals surface area contributed by atoms with Crippen molar-refractivity contribution in [3.63, 3.8) is 0 Å². The number of carboxylic acids is 1. The Morgan fingerprint density at radius 3 is 2.18 bits per heavy atom. The second-order valence-corrected chi connectivity index (χ2v) is 8.98. The number of alkyl halides is 3. The van der Waals surface area contributed by atoms with E-state index in [0.717, 1.165) is 6.07 Å². The van der Waals surface area contributed by atoms with E-state index in [9.17, 15) is 32.7 Å². The molecule has 2 aliphatic heterocycles. The molecule has 0 amide bonds. The summed E-state index contributed by atoms with van der Waals surface area (Å²) in [5.41, 5.74) is -4.53. The van der Waals surface area contributed by atoms with Crippen molar-refractivity contribution < 1.29 is 41.9 Å². The van der Waals surface area contributed by atoms with Gasteiger partial charge >= 0.3 is 12.1 Å². The highest BCUT2D eigenvalue weighted by molar-refractivity contribution is 6.16. The minimum absolute atomic E-state index is 0.323. The van der Waals surface area contributed by atoms with Crippen molar-refractivity contribution in [2.24, 2.45) is 0 Å². The van der Waals surface area contributed by atoms with E-state index < -0.39 is 69.4 Å². The molecule has 2 aliphatic rings. The monoisotopic (exact) mass is 483 g/mol. The number of ketones is 2. The first-order valence-electron chi connectivity index (χ1n) is 10.9. The fraction of sp³-hybridized carbons (Fsp3) is 0.545. The van der Waals surface area contributed by atoms with Gasteiger partial charge in [-0.1, -0.05) is 5.16 Å². The molecule has 0 saturated carbocycles. The number of hydrogen-bond acceptors (Lipinski definition) is 8. The van der Waals surface area contributed by atoms with Gasteiger partial charge in [0.2, 0.25) is 0 Å². The maximum absolute atomic E-state index is 13.7. The van der Waals surface area contributed by atoms with Crippen LogP contribution >= 0.6 is 0 Å². The number of Topliss-reactive ketones (excluding diaryl/α,β-unsaturated/α-hetero) is 2. The minimum atomic E-state index is -4.91. The van der Waals surface area contributed by atoms with Crippen LogP contribution in [0.15, 0.2) is 10.6 Å². The molecule has 1 aromatic carbocycles. The van der Waals surface area contributed by atoms with E-state index in [1.54, 1.807) is 0 Å². The van der Waals surface area contributed by atoms with Crippen LogP contribution in [0.25, 0.3) is 11.0 Å². The van der Waals surface area contributed by atoms with Gasteiger partial charge in [0, 0.05) is 0 Å². The third-order valence-corrected chi connectivity index (χ3v) is 6.12. The van der Waals surface area contributed by atoms with Gasteiger partial charge in [-0.2, -0.15) is 13.2 Å². The van der Waals surface area contributed by atoms with E-state index >= 15 is 0 Å². The van der Waals surface area contributed by atoms with Crippen molar-refractivity contribution in [1.82, 2.24) is 15.8 Å². The van der Waals surface area contributed by atoms with Crippen LogP contribution in [0.1, 0.15) is 65.9 Å². The van der Waals surface area contributed by atoms with Crippen LogP contribution < -0.4 is 15.4 Å². The number of halogens is 3. The standard InChI is InChI=1S/C22H24F3N3O6/c1-21(2,20(31)32)33-17-10(15(29)12-5-3-7-26-12)9-11-18(34-28-19(11)22(23,24)25)14(17)16(30)13-6-4-8-27-13/h9,12-13,26-27H,3-8H2,1-2H3,(H,31,32)/t12-,13-/m0/s1. The first-order valence-corrected chi connectivity index (χ1v) is 10.9. The summed E-state index contributed by atoms with van der Waals surface area (Å²) in [6, 6.07) is -0.536. The van der Waals surface area contributed by atoms with Gasteiger partial charge in [0.25, 0.3) is 0 Å². The van der Waals surface area contributed by atoms with E-state index in [1.165, 1.54) is 13.8 Å². The van der Waals surface area contributed by atoms with E-state index in [4.69, 9.17) is 9.26 Å². The average Bonchev–Trinajstić information content (AvgIpc) is 3.52. The number of benzene rings is 1. The summed E-state index contributed by atoms with van der Waals surface area (Å²) in [7, 11) is 0. The predicted octanol–water partition coefficient (Wildman–Crippen LogP) is 2.96. The number of nitrogens with zero attached hydrogens (tertiary/aromatic N) is 1. The number of nitrogens with one attached hydrogen (secondary N) is 2. The van der Waals surface area contributed by atoms with Gasteiger partial charge in [-0.3, -0.25) is 9.59 Å². The summed E-state index contributed by atoms with van der Waals surface area (Å²) >= 11 is 0. The molecule has 3 heterocycles. The minimum Gasteiger partial charge on any atom is -0.478 e. The zero-order valence-electron chi connectivity index (χ0n) is 18.5. The van der Waals surface area contributed by atoms with Gasteiger partial charge in [-0.05, 0) is 58.7 Å². The van der Waals surface area contributed by atoms with Crippen molar-refractivity contribution in [1.29, 1.82) is 0 Å². The van der Waals surface area contributed by atoms with Gasteiger partial charge in [0.1, 0.15) is 11.3 Å². The number of aliphatic carboxylic acids is 1. The summed E-state index contributed by atoms with van der Waals surface area (Å²) in [5, 5.41) is 18.1. The molecule has 9 nitrogen and oxygen atoms in total. The molecule has 2 saturated heterocycles. The van der Waals surface area contributed by atoms with Gasteiger partial charge in [-0.15, -0.1) is 0 Å². The maximum Gasteiger partial charge on any atom is 0.437 e. The summed E-state index contributed by atoms with van der Waals surface area (Å²) in [6.45, 7) is 3.48. The first kappa shape index (κ1) is 24.1. The molecule has 12 heteroatoms. The fourth-order valence-electron chi connectivity index (χ4n) is 4.25. The highest BCUT2D eigenvalue weighted by Gasteiger charge is 2.43. The van der Waals surface area contributed by atoms with E-state index in [0.29, 0.717) is 38.8 Å². The highest BCUT2D eigenvalue weighted by atomic mass is 19.4.